The second-order valence-corrected chi connectivity index (χ2v) is 13.1. The van der Waals surface area contributed by atoms with E-state index in [4.69, 9.17) is 19.4 Å². The lowest BCUT2D eigenvalue weighted by atomic mass is 9.91. The molecule has 3 aliphatic heterocycles. The van der Waals surface area contributed by atoms with Gasteiger partial charge in [0.2, 0.25) is 5.88 Å². The first-order valence-corrected chi connectivity index (χ1v) is 16.0. The molecule has 0 radical (unpaired) electrons. The maximum absolute atomic E-state index is 17.0. The van der Waals surface area contributed by atoms with Crippen LogP contribution in [0, 0.1) is 11.6 Å². The Kier molecular flexibility index (Phi) is 6.74. The Labute approximate surface area is 259 Å². The number of ether oxygens (including phenoxy) is 2. The average Bonchev–Trinajstić information content (AvgIpc) is 3.52. The van der Waals surface area contributed by atoms with Crippen LogP contribution in [0.15, 0.2) is 24.3 Å². The molecule has 2 unspecified atom stereocenters. The van der Waals surface area contributed by atoms with Crippen LogP contribution in [0.25, 0.3) is 32.9 Å². The van der Waals surface area contributed by atoms with E-state index in [-0.39, 0.29) is 53.2 Å². The summed E-state index contributed by atoms with van der Waals surface area (Å²) in [6.45, 7) is 3.25. The Hall–Kier alpha value is -3.86. The molecule has 4 aliphatic rings. The molecule has 2 saturated heterocycles. The zero-order valence-electron chi connectivity index (χ0n) is 25.5. The van der Waals surface area contributed by atoms with Gasteiger partial charge in [0, 0.05) is 25.6 Å². The molecule has 1 N–H and O–H groups in total. The molecular weight excluding hydrogens is 583 g/mol. The summed E-state index contributed by atoms with van der Waals surface area (Å²) in [4.78, 5) is 18.3. The molecule has 0 amide bonds. The highest BCUT2D eigenvalue weighted by Gasteiger charge is 2.49. The van der Waals surface area contributed by atoms with Gasteiger partial charge in [0.05, 0.1) is 11.6 Å². The monoisotopic (exact) mass is 619 g/mol. The molecule has 8 nitrogen and oxygen atoms in total. The average molecular weight is 620 g/mol. The van der Waals surface area contributed by atoms with Crippen molar-refractivity contribution in [1.29, 1.82) is 0 Å². The maximum Gasteiger partial charge on any atom is 0.319 e. The summed E-state index contributed by atoms with van der Waals surface area (Å²) >= 11 is 0. The van der Waals surface area contributed by atoms with E-state index < -0.39 is 23.3 Å². The quantitative estimate of drug-likeness (QED) is 0.272. The number of nitrogens with zero attached hydrogens (tertiary/aromatic N) is 5. The third-order valence-corrected chi connectivity index (χ3v) is 10.5. The van der Waals surface area contributed by atoms with Crippen molar-refractivity contribution < 1.29 is 27.8 Å². The summed E-state index contributed by atoms with van der Waals surface area (Å²) in [6, 6.07) is 5.87. The number of hydrogen-bond acceptors (Lipinski definition) is 8. The fourth-order valence-corrected chi connectivity index (χ4v) is 8.33. The molecular formula is C34H36F3N5O3. The Balaban J connectivity index is 1.33. The van der Waals surface area contributed by atoms with Crippen molar-refractivity contribution in [2.45, 2.75) is 82.1 Å². The van der Waals surface area contributed by atoms with E-state index in [9.17, 15) is 9.50 Å². The highest BCUT2D eigenvalue weighted by molar-refractivity contribution is 6.03. The second-order valence-electron chi connectivity index (χ2n) is 13.1. The van der Waals surface area contributed by atoms with Crippen molar-refractivity contribution >= 4 is 27.5 Å². The minimum atomic E-state index is -0.911. The number of anilines is 1. The first-order chi connectivity index (χ1) is 21.8. The molecule has 11 heteroatoms. The van der Waals surface area contributed by atoms with Gasteiger partial charge in [-0.1, -0.05) is 19.4 Å². The van der Waals surface area contributed by atoms with E-state index in [0.29, 0.717) is 46.9 Å². The van der Waals surface area contributed by atoms with Crippen LogP contribution in [0.3, 0.4) is 0 Å². The molecule has 8 rings (SSSR count). The van der Waals surface area contributed by atoms with Gasteiger partial charge in [0.15, 0.2) is 5.82 Å². The Bertz CT molecular complexity index is 1840. The fraction of sp³-hybridized carbons (Fsp3) is 0.500. The van der Waals surface area contributed by atoms with Gasteiger partial charge in [0.1, 0.15) is 52.9 Å². The number of fused-ring (bicyclic) bond motifs is 3. The zero-order valence-corrected chi connectivity index (χ0v) is 25.5. The second kappa shape index (κ2) is 10.6. The molecule has 0 spiro atoms. The van der Waals surface area contributed by atoms with Crippen LogP contribution in [0.2, 0.25) is 0 Å². The highest BCUT2D eigenvalue weighted by Crippen LogP contribution is 2.46. The van der Waals surface area contributed by atoms with E-state index in [1.807, 2.05) is 18.9 Å². The summed E-state index contributed by atoms with van der Waals surface area (Å²) in [5.74, 6) is -0.586. The molecule has 236 valence electrons. The smallest absolute Gasteiger partial charge is 0.319 e. The van der Waals surface area contributed by atoms with Gasteiger partial charge in [-0.3, -0.25) is 4.90 Å². The first kappa shape index (κ1) is 28.6. The predicted molar refractivity (Wildman–Crippen MR) is 165 cm³/mol. The number of alkyl halides is 1. The van der Waals surface area contributed by atoms with E-state index in [1.165, 1.54) is 18.2 Å². The van der Waals surface area contributed by atoms with Crippen molar-refractivity contribution in [3.63, 3.8) is 0 Å². The molecule has 2 aromatic heterocycles. The van der Waals surface area contributed by atoms with Crippen LogP contribution >= 0.6 is 0 Å². The predicted octanol–water partition coefficient (Wildman–Crippen LogP) is 6.49. The SMILES string of the molecule is CCc1c(F)ccc2cc(O)cc(-c3nc4c5c(nc(OC[C@@]67CCCN6C[C@H](F)C7)nc5c3F)N(C)C3CCCCC3O4)c12. The molecule has 3 fully saturated rings. The number of likely N-dealkylation sites (N-methyl/N-ethyl adjacent to an activating group) is 1. The number of aromatic nitrogens is 3. The van der Waals surface area contributed by atoms with Crippen molar-refractivity contribution in [3.8, 4) is 28.9 Å². The molecule has 1 saturated carbocycles. The van der Waals surface area contributed by atoms with Gasteiger partial charge in [0.25, 0.3) is 0 Å². The first-order valence-electron chi connectivity index (χ1n) is 16.0. The van der Waals surface area contributed by atoms with E-state index >= 15 is 8.78 Å². The molecule has 4 aromatic rings. The summed E-state index contributed by atoms with van der Waals surface area (Å²) in [5, 5.41) is 12.1. The van der Waals surface area contributed by atoms with Gasteiger partial charge in [-0.15, -0.1) is 0 Å². The molecule has 2 aromatic carbocycles. The molecule has 5 heterocycles. The fourth-order valence-electron chi connectivity index (χ4n) is 8.33. The minimum absolute atomic E-state index is 0.00482. The lowest BCUT2D eigenvalue weighted by Crippen LogP contribution is -2.45. The highest BCUT2D eigenvalue weighted by atomic mass is 19.1. The van der Waals surface area contributed by atoms with Gasteiger partial charge in [-0.25, -0.2) is 18.2 Å². The van der Waals surface area contributed by atoms with E-state index in [0.717, 1.165) is 45.1 Å². The van der Waals surface area contributed by atoms with Crippen LogP contribution in [-0.4, -0.2) is 75.6 Å². The number of phenolic OH excluding ortho intramolecular Hbond substituents is 1. The third kappa shape index (κ3) is 4.48. The number of benzene rings is 2. The Morgan fingerprint density at radius 1 is 1.09 bits per heavy atom. The molecule has 45 heavy (non-hydrogen) atoms. The standard InChI is InChI=1S/C34H36F3N5O3/c1-3-21-23(36)10-9-18-13-20(43)14-22(26(18)21)29-28(37)30-27-31(41(2)24-7-4-5-8-25(24)45-32(27)38-29)40-33(39-30)44-17-34-11-6-12-42(34)16-19(35)15-34/h9-10,13-14,19,24-25,43H,3-8,11-12,15-17H2,1-2H3/t19-,24?,25?,34+/m1/s1. The number of aryl methyl sites for hydroxylation is 1. The summed E-state index contributed by atoms with van der Waals surface area (Å²) in [6.07, 6.45) is 5.12. The number of halogens is 3. The van der Waals surface area contributed by atoms with Crippen LogP contribution in [0.5, 0.6) is 17.6 Å². The van der Waals surface area contributed by atoms with Gasteiger partial charge in [-0.2, -0.15) is 9.97 Å². The van der Waals surface area contributed by atoms with Crippen molar-refractivity contribution in [2.24, 2.45) is 0 Å². The number of hydrogen-bond donors (Lipinski definition) is 1. The Morgan fingerprint density at radius 2 is 1.93 bits per heavy atom. The van der Waals surface area contributed by atoms with Crippen LogP contribution < -0.4 is 14.4 Å². The molecule has 0 bridgehead atoms. The number of phenols is 1. The lowest BCUT2D eigenvalue weighted by molar-refractivity contribution is 0.107. The minimum Gasteiger partial charge on any atom is -0.508 e. The number of pyridine rings is 1. The normalized spacial score (nSPS) is 26.2. The van der Waals surface area contributed by atoms with Crippen LogP contribution in [-0.2, 0) is 6.42 Å². The van der Waals surface area contributed by atoms with Crippen molar-refractivity contribution in [2.75, 3.05) is 31.6 Å². The van der Waals surface area contributed by atoms with Gasteiger partial charge in [-0.05, 0) is 79.6 Å². The van der Waals surface area contributed by atoms with E-state index in [2.05, 4.69) is 9.88 Å². The van der Waals surface area contributed by atoms with Crippen molar-refractivity contribution in [3.05, 3.63) is 41.5 Å². The number of aromatic hydroxyl groups is 1. The zero-order chi connectivity index (χ0) is 31.0. The number of rotatable bonds is 5. The third-order valence-electron chi connectivity index (χ3n) is 10.5. The van der Waals surface area contributed by atoms with E-state index in [1.54, 1.807) is 6.07 Å². The lowest BCUT2D eigenvalue weighted by Gasteiger charge is -2.36. The summed E-state index contributed by atoms with van der Waals surface area (Å²) in [5.41, 5.74) is 0.105. The molecule has 1 aliphatic carbocycles. The molecule has 4 atom stereocenters. The topological polar surface area (TPSA) is 83.8 Å². The Morgan fingerprint density at radius 3 is 2.78 bits per heavy atom. The van der Waals surface area contributed by atoms with Gasteiger partial charge < -0.3 is 19.5 Å². The largest absolute Gasteiger partial charge is 0.508 e. The maximum atomic E-state index is 17.0. The van der Waals surface area contributed by atoms with Crippen LogP contribution in [0.1, 0.15) is 57.4 Å². The van der Waals surface area contributed by atoms with Crippen molar-refractivity contribution in [1.82, 2.24) is 19.9 Å². The summed E-state index contributed by atoms with van der Waals surface area (Å²) < 4.78 is 59.3. The van der Waals surface area contributed by atoms with Crippen LogP contribution in [0.4, 0.5) is 19.0 Å². The summed E-state index contributed by atoms with van der Waals surface area (Å²) in [7, 11) is 1.93. The van der Waals surface area contributed by atoms with Gasteiger partial charge >= 0.3 is 6.01 Å².